The van der Waals surface area contributed by atoms with Crippen LogP contribution in [0.3, 0.4) is 0 Å². The van der Waals surface area contributed by atoms with E-state index < -0.39 is 11.8 Å². The summed E-state index contributed by atoms with van der Waals surface area (Å²) in [6.07, 6.45) is -0.00696. The highest BCUT2D eigenvalue weighted by molar-refractivity contribution is 7.80. The van der Waals surface area contributed by atoms with Crippen LogP contribution in [0.2, 0.25) is 0 Å². The van der Waals surface area contributed by atoms with E-state index >= 15 is 0 Å². The number of carbonyl (C=O) groups excluding carboxylic acids is 3. The molecule has 0 spiro atoms. The van der Waals surface area contributed by atoms with Crippen molar-refractivity contribution in [3.63, 3.8) is 0 Å². The zero-order chi connectivity index (χ0) is 23.2. The predicted molar refractivity (Wildman–Crippen MR) is 123 cm³/mol. The Labute approximate surface area is 191 Å². The second-order valence-corrected chi connectivity index (χ2v) is 6.99. The van der Waals surface area contributed by atoms with Crippen LogP contribution in [0.1, 0.15) is 28.8 Å². The van der Waals surface area contributed by atoms with Gasteiger partial charge in [-0.3, -0.25) is 30.6 Å². The number of hydrazine groups is 1. The van der Waals surface area contributed by atoms with Crippen LogP contribution in [0.25, 0.3) is 0 Å². The van der Waals surface area contributed by atoms with Gasteiger partial charge in [-0.1, -0.05) is 30.3 Å². The van der Waals surface area contributed by atoms with Crippen molar-refractivity contribution >= 4 is 35.1 Å². The van der Waals surface area contributed by atoms with E-state index in [4.69, 9.17) is 21.7 Å². The zero-order valence-corrected chi connectivity index (χ0v) is 18.5. The van der Waals surface area contributed by atoms with Crippen LogP contribution >= 0.6 is 12.2 Å². The number of carbonyl (C=O) groups is 3. The standard InChI is InChI=1S/C22H26N4O5S/c1-30-13-14-31-18-9-7-17(8-10-18)21(29)24-22(32)26-25-20(28)12-11-19(27)23-15-16-5-3-2-4-6-16/h2-10H,11-15H2,1H3,(H,23,27)(H,25,28)(H2,24,26,29,32). The lowest BCUT2D eigenvalue weighted by Crippen LogP contribution is -2.48. The van der Waals surface area contributed by atoms with Crippen LogP contribution in [0.15, 0.2) is 54.6 Å². The first kappa shape index (κ1) is 24.8. The molecule has 10 heteroatoms. The molecule has 0 aliphatic rings. The van der Waals surface area contributed by atoms with Gasteiger partial charge in [0, 0.05) is 32.1 Å². The minimum absolute atomic E-state index is 0.0261. The normalized spacial score (nSPS) is 10.0. The number of benzene rings is 2. The Hall–Kier alpha value is -3.50. The Morgan fingerprint density at radius 1 is 0.875 bits per heavy atom. The first-order valence-electron chi connectivity index (χ1n) is 9.90. The number of rotatable bonds is 10. The van der Waals surface area contributed by atoms with Crippen LogP contribution in [-0.2, 0) is 20.9 Å². The molecule has 0 saturated carbocycles. The molecule has 0 aliphatic carbocycles. The fraction of sp³-hybridized carbons (Fsp3) is 0.273. The first-order chi connectivity index (χ1) is 15.5. The lowest BCUT2D eigenvalue weighted by Gasteiger charge is -2.11. The minimum Gasteiger partial charge on any atom is -0.491 e. The van der Waals surface area contributed by atoms with Gasteiger partial charge in [-0.25, -0.2) is 0 Å². The Morgan fingerprint density at radius 3 is 2.25 bits per heavy atom. The summed E-state index contributed by atoms with van der Waals surface area (Å²) >= 11 is 5.00. The SMILES string of the molecule is COCCOc1ccc(C(=O)NC(=S)NNC(=O)CCC(=O)NCc2ccccc2)cc1. The maximum absolute atomic E-state index is 12.2. The van der Waals surface area contributed by atoms with Crippen LogP contribution in [0, 0.1) is 0 Å². The molecule has 3 amide bonds. The van der Waals surface area contributed by atoms with E-state index in [9.17, 15) is 14.4 Å². The van der Waals surface area contributed by atoms with E-state index in [-0.39, 0.29) is 23.9 Å². The highest BCUT2D eigenvalue weighted by atomic mass is 32.1. The molecule has 32 heavy (non-hydrogen) atoms. The minimum atomic E-state index is -0.444. The van der Waals surface area contributed by atoms with E-state index in [0.29, 0.717) is 31.1 Å². The third-order valence-electron chi connectivity index (χ3n) is 4.13. The fourth-order valence-corrected chi connectivity index (χ4v) is 2.60. The summed E-state index contributed by atoms with van der Waals surface area (Å²) in [7, 11) is 1.58. The Morgan fingerprint density at radius 2 is 1.56 bits per heavy atom. The van der Waals surface area contributed by atoms with E-state index in [1.165, 1.54) is 0 Å². The summed E-state index contributed by atoms with van der Waals surface area (Å²) in [5, 5.41) is 5.13. The van der Waals surface area contributed by atoms with Gasteiger partial charge >= 0.3 is 0 Å². The highest BCUT2D eigenvalue weighted by Gasteiger charge is 2.10. The molecule has 4 N–H and O–H groups in total. The van der Waals surface area contributed by atoms with Crippen molar-refractivity contribution in [3.8, 4) is 5.75 Å². The van der Waals surface area contributed by atoms with Crippen LogP contribution in [0.4, 0.5) is 0 Å². The van der Waals surface area contributed by atoms with Gasteiger partial charge < -0.3 is 14.8 Å². The summed E-state index contributed by atoms with van der Waals surface area (Å²) < 4.78 is 10.3. The number of hydrogen-bond donors (Lipinski definition) is 4. The maximum atomic E-state index is 12.2. The van der Waals surface area contributed by atoms with Gasteiger partial charge in [0.25, 0.3) is 5.91 Å². The molecule has 170 valence electrons. The van der Waals surface area contributed by atoms with Crippen LogP contribution in [-0.4, -0.2) is 43.2 Å². The molecule has 0 unspecified atom stereocenters. The molecule has 0 heterocycles. The van der Waals surface area contributed by atoms with E-state index in [1.807, 2.05) is 30.3 Å². The Kier molecular flexibility index (Phi) is 10.6. The number of nitrogens with one attached hydrogen (secondary N) is 4. The van der Waals surface area contributed by atoms with Gasteiger partial charge in [0.1, 0.15) is 12.4 Å². The molecule has 0 aromatic heterocycles. The summed E-state index contributed by atoms with van der Waals surface area (Å²) in [5.41, 5.74) is 6.13. The lowest BCUT2D eigenvalue weighted by atomic mass is 10.2. The average Bonchev–Trinajstić information content (AvgIpc) is 2.81. The lowest BCUT2D eigenvalue weighted by molar-refractivity contribution is -0.126. The van der Waals surface area contributed by atoms with Crippen molar-refractivity contribution in [1.82, 2.24) is 21.5 Å². The topological polar surface area (TPSA) is 118 Å². The predicted octanol–water partition coefficient (Wildman–Crippen LogP) is 1.44. The smallest absolute Gasteiger partial charge is 0.257 e. The third kappa shape index (κ3) is 9.54. The second-order valence-electron chi connectivity index (χ2n) is 6.58. The van der Waals surface area contributed by atoms with Gasteiger partial charge in [0.05, 0.1) is 6.61 Å². The number of thiocarbonyl (C=S) groups is 1. The molecule has 0 fully saturated rings. The summed E-state index contributed by atoms with van der Waals surface area (Å²) in [4.78, 5) is 35.9. The van der Waals surface area contributed by atoms with Crippen molar-refractivity contribution in [3.05, 3.63) is 65.7 Å². The average molecular weight is 459 g/mol. The maximum Gasteiger partial charge on any atom is 0.257 e. The van der Waals surface area contributed by atoms with Crippen molar-refractivity contribution in [2.75, 3.05) is 20.3 Å². The molecule has 9 nitrogen and oxygen atoms in total. The molecule has 2 aromatic rings. The summed E-state index contributed by atoms with van der Waals surface area (Å²) in [6, 6.07) is 16.0. The van der Waals surface area contributed by atoms with Crippen molar-refractivity contribution in [1.29, 1.82) is 0 Å². The van der Waals surface area contributed by atoms with Gasteiger partial charge in [0.2, 0.25) is 11.8 Å². The number of ether oxygens (including phenoxy) is 2. The highest BCUT2D eigenvalue weighted by Crippen LogP contribution is 2.12. The number of amides is 3. The van der Waals surface area contributed by atoms with Crippen molar-refractivity contribution in [2.45, 2.75) is 19.4 Å². The van der Waals surface area contributed by atoms with Crippen molar-refractivity contribution in [2.24, 2.45) is 0 Å². The number of methoxy groups -OCH3 is 1. The molecular formula is C22H26N4O5S. The van der Waals surface area contributed by atoms with Crippen LogP contribution < -0.4 is 26.2 Å². The third-order valence-corrected chi connectivity index (χ3v) is 4.33. The van der Waals surface area contributed by atoms with Crippen LogP contribution in [0.5, 0.6) is 5.75 Å². The quantitative estimate of drug-likeness (QED) is 0.242. The van der Waals surface area contributed by atoms with E-state index in [0.717, 1.165) is 5.56 Å². The molecular weight excluding hydrogens is 432 g/mol. The Bertz CT molecular complexity index is 906. The molecule has 2 aromatic carbocycles. The molecule has 0 aliphatic heterocycles. The number of hydrogen-bond acceptors (Lipinski definition) is 6. The molecule has 2 rings (SSSR count). The van der Waals surface area contributed by atoms with Crippen molar-refractivity contribution < 1.29 is 23.9 Å². The molecule has 0 radical (unpaired) electrons. The van der Waals surface area contributed by atoms with E-state index in [1.54, 1.807) is 31.4 Å². The van der Waals surface area contributed by atoms with Gasteiger partial charge in [-0.05, 0) is 42.0 Å². The van der Waals surface area contributed by atoms with Gasteiger partial charge in [-0.15, -0.1) is 0 Å². The van der Waals surface area contributed by atoms with Gasteiger partial charge in [0.15, 0.2) is 5.11 Å². The second kappa shape index (κ2) is 13.7. The summed E-state index contributed by atoms with van der Waals surface area (Å²) in [6.45, 7) is 1.27. The largest absolute Gasteiger partial charge is 0.491 e. The zero-order valence-electron chi connectivity index (χ0n) is 17.7. The van der Waals surface area contributed by atoms with Gasteiger partial charge in [-0.2, -0.15) is 0 Å². The monoisotopic (exact) mass is 458 g/mol. The molecule has 0 bridgehead atoms. The fourth-order valence-electron chi connectivity index (χ4n) is 2.45. The first-order valence-corrected chi connectivity index (χ1v) is 10.3. The van der Waals surface area contributed by atoms with E-state index in [2.05, 4.69) is 21.5 Å². The Balaban J connectivity index is 1.63. The molecule has 0 atom stereocenters. The summed E-state index contributed by atoms with van der Waals surface area (Å²) in [5.74, 6) is -0.511. The molecule has 0 saturated heterocycles.